The van der Waals surface area contributed by atoms with Gasteiger partial charge >= 0.3 is 12.0 Å². The third kappa shape index (κ3) is 3.65. The quantitative estimate of drug-likeness (QED) is 0.874. The number of aromatic carboxylic acids is 1. The molecule has 0 unspecified atom stereocenters. The topological polar surface area (TPSA) is 78.9 Å². The Morgan fingerprint density at radius 2 is 2.14 bits per heavy atom. The summed E-state index contributed by atoms with van der Waals surface area (Å²) in [5.41, 5.74) is 0.286. The minimum absolute atomic E-state index is 0.0137. The van der Waals surface area contributed by atoms with Crippen LogP contribution in [0.1, 0.15) is 29.6 Å². The molecule has 2 N–H and O–H groups in total. The number of nitrogens with one attached hydrogen (secondary N) is 1. The first-order valence-electron chi connectivity index (χ1n) is 6.94. The van der Waals surface area contributed by atoms with Gasteiger partial charge in [0.05, 0.1) is 18.4 Å². The van der Waals surface area contributed by atoms with Gasteiger partial charge in [-0.25, -0.2) is 9.59 Å². The highest BCUT2D eigenvalue weighted by molar-refractivity contribution is 6.00. The highest BCUT2D eigenvalue weighted by Crippen LogP contribution is 2.27. The maximum Gasteiger partial charge on any atom is 0.337 e. The third-order valence-corrected chi connectivity index (χ3v) is 3.80. The minimum atomic E-state index is -1.11. The van der Waals surface area contributed by atoms with Gasteiger partial charge < -0.3 is 20.1 Å². The molecule has 2 amide bonds. The number of hydrogen-bond donors (Lipinski definition) is 2. The first kappa shape index (κ1) is 15.2. The van der Waals surface area contributed by atoms with E-state index in [1.165, 1.54) is 25.7 Å². The smallest absolute Gasteiger partial charge is 0.337 e. The monoisotopic (exact) mass is 292 g/mol. The fraction of sp³-hybridized carbons (Fsp3) is 0.467. The molecule has 1 saturated carbocycles. The van der Waals surface area contributed by atoms with Crippen LogP contribution in [-0.2, 0) is 0 Å². The fourth-order valence-corrected chi connectivity index (χ4v) is 2.29. The van der Waals surface area contributed by atoms with Gasteiger partial charge in [-0.3, -0.25) is 0 Å². The van der Waals surface area contributed by atoms with Crippen molar-refractivity contribution in [1.82, 2.24) is 4.90 Å². The molecule has 2 rings (SSSR count). The number of methoxy groups -OCH3 is 1. The van der Waals surface area contributed by atoms with Gasteiger partial charge in [0.25, 0.3) is 0 Å². The van der Waals surface area contributed by atoms with E-state index in [0.717, 1.165) is 12.8 Å². The van der Waals surface area contributed by atoms with E-state index in [0.29, 0.717) is 18.2 Å². The van der Waals surface area contributed by atoms with Gasteiger partial charge in [0.1, 0.15) is 5.75 Å². The van der Waals surface area contributed by atoms with Crippen LogP contribution in [0.5, 0.6) is 5.75 Å². The van der Waals surface area contributed by atoms with E-state index in [4.69, 9.17) is 4.74 Å². The van der Waals surface area contributed by atoms with Crippen molar-refractivity contribution < 1.29 is 19.4 Å². The number of carbonyl (C=O) groups is 2. The van der Waals surface area contributed by atoms with Crippen LogP contribution in [0.2, 0.25) is 0 Å². The van der Waals surface area contributed by atoms with Crippen molar-refractivity contribution in [2.24, 2.45) is 5.92 Å². The molecule has 1 aromatic carbocycles. The van der Waals surface area contributed by atoms with Crippen LogP contribution in [-0.4, -0.2) is 42.7 Å². The number of ether oxygens (including phenoxy) is 1. The highest BCUT2D eigenvalue weighted by Gasteiger charge is 2.22. The van der Waals surface area contributed by atoms with Gasteiger partial charge in [0.2, 0.25) is 0 Å². The molecule has 1 aliphatic rings. The van der Waals surface area contributed by atoms with Crippen LogP contribution in [0.15, 0.2) is 18.2 Å². The summed E-state index contributed by atoms with van der Waals surface area (Å²) in [7, 11) is 3.18. The van der Waals surface area contributed by atoms with Crippen molar-refractivity contribution in [3.8, 4) is 5.75 Å². The SMILES string of the molecule is COc1ccc(NC(=O)N(C)CC2CCC2)c(C(=O)O)c1. The van der Waals surface area contributed by atoms with Gasteiger partial charge in [0, 0.05) is 13.6 Å². The Balaban J connectivity index is 2.06. The number of amides is 2. The van der Waals surface area contributed by atoms with E-state index >= 15 is 0 Å². The molecule has 0 heterocycles. The molecule has 0 aromatic heterocycles. The molecular weight excluding hydrogens is 272 g/mol. The Labute approximate surface area is 123 Å². The summed E-state index contributed by atoms with van der Waals surface area (Å²) in [6.07, 6.45) is 3.53. The number of urea groups is 1. The summed E-state index contributed by atoms with van der Waals surface area (Å²) in [4.78, 5) is 25.0. The Morgan fingerprint density at radius 3 is 2.67 bits per heavy atom. The normalized spacial score (nSPS) is 14.2. The lowest BCUT2D eigenvalue weighted by atomic mass is 9.85. The lowest BCUT2D eigenvalue weighted by molar-refractivity contribution is 0.0697. The van der Waals surface area contributed by atoms with Crippen molar-refractivity contribution in [2.75, 3.05) is 26.0 Å². The van der Waals surface area contributed by atoms with E-state index in [-0.39, 0.29) is 17.3 Å². The fourth-order valence-electron chi connectivity index (χ4n) is 2.29. The minimum Gasteiger partial charge on any atom is -0.497 e. The second kappa shape index (κ2) is 6.47. The van der Waals surface area contributed by atoms with Gasteiger partial charge in [-0.2, -0.15) is 0 Å². The Bertz CT molecular complexity index is 540. The number of hydrogen-bond acceptors (Lipinski definition) is 3. The predicted octanol–water partition coefficient (Wildman–Crippen LogP) is 2.66. The molecule has 0 aliphatic heterocycles. The molecule has 0 saturated heterocycles. The third-order valence-electron chi connectivity index (χ3n) is 3.80. The van der Waals surface area contributed by atoms with E-state index in [2.05, 4.69) is 5.32 Å². The molecule has 1 aromatic rings. The van der Waals surface area contributed by atoms with Crippen LogP contribution < -0.4 is 10.1 Å². The Hall–Kier alpha value is -2.24. The molecule has 114 valence electrons. The van der Waals surface area contributed by atoms with Gasteiger partial charge in [-0.15, -0.1) is 0 Å². The molecule has 0 atom stereocenters. The number of carboxylic acid groups (broad SMARTS) is 1. The van der Waals surface area contributed by atoms with Crippen molar-refractivity contribution in [3.63, 3.8) is 0 Å². The second-order valence-corrected chi connectivity index (χ2v) is 5.32. The first-order chi connectivity index (χ1) is 10.0. The van der Waals surface area contributed by atoms with Crippen molar-refractivity contribution in [1.29, 1.82) is 0 Å². The molecule has 21 heavy (non-hydrogen) atoms. The number of anilines is 1. The highest BCUT2D eigenvalue weighted by atomic mass is 16.5. The second-order valence-electron chi connectivity index (χ2n) is 5.32. The van der Waals surface area contributed by atoms with E-state index in [9.17, 15) is 14.7 Å². The van der Waals surface area contributed by atoms with E-state index in [1.54, 1.807) is 18.0 Å². The molecule has 6 heteroatoms. The van der Waals surface area contributed by atoms with Crippen LogP contribution in [0.4, 0.5) is 10.5 Å². The summed E-state index contributed by atoms with van der Waals surface area (Å²) in [5.74, 6) is -0.102. The van der Waals surface area contributed by atoms with Gasteiger partial charge in [0.15, 0.2) is 0 Å². The molecule has 1 aliphatic carbocycles. The average molecular weight is 292 g/mol. The Kier molecular flexibility index (Phi) is 4.67. The van der Waals surface area contributed by atoms with E-state index in [1.807, 2.05) is 0 Å². The van der Waals surface area contributed by atoms with Crippen LogP contribution in [0.25, 0.3) is 0 Å². The zero-order valence-corrected chi connectivity index (χ0v) is 12.3. The summed E-state index contributed by atoms with van der Waals surface area (Å²) in [6.45, 7) is 0.699. The summed E-state index contributed by atoms with van der Waals surface area (Å²) in [6, 6.07) is 4.25. The zero-order valence-electron chi connectivity index (χ0n) is 12.3. The lowest BCUT2D eigenvalue weighted by Crippen LogP contribution is -2.37. The summed E-state index contributed by atoms with van der Waals surface area (Å²) in [5, 5.41) is 11.9. The largest absolute Gasteiger partial charge is 0.497 e. The Morgan fingerprint density at radius 1 is 1.43 bits per heavy atom. The van der Waals surface area contributed by atoms with E-state index < -0.39 is 5.97 Å². The maximum atomic E-state index is 12.1. The van der Waals surface area contributed by atoms with Crippen LogP contribution in [0, 0.1) is 5.92 Å². The molecule has 0 radical (unpaired) electrons. The predicted molar refractivity (Wildman–Crippen MR) is 78.9 cm³/mol. The van der Waals surface area contributed by atoms with Crippen LogP contribution in [0.3, 0.4) is 0 Å². The van der Waals surface area contributed by atoms with Crippen LogP contribution >= 0.6 is 0 Å². The standard InChI is InChI=1S/C15H20N2O4/c1-17(9-10-4-3-5-10)15(20)16-13-7-6-11(21-2)8-12(13)14(18)19/h6-8,10H,3-5,9H2,1-2H3,(H,16,20)(H,18,19). The van der Waals surface area contributed by atoms with Crippen molar-refractivity contribution in [2.45, 2.75) is 19.3 Å². The number of carboxylic acids is 1. The summed E-state index contributed by atoms with van der Waals surface area (Å²) < 4.78 is 5.00. The first-order valence-corrected chi connectivity index (χ1v) is 6.94. The van der Waals surface area contributed by atoms with Crippen molar-refractivity contribution in [3.05, 3.63) is 23.8 Å². The van der Waals surface area contributed by atoms with Gasteiger partial charge in [-0.05, 0) is 37.0 Å². The average Bonchev–Trinajstić information content (AvgIpc) is 2.42. The number of benzene rings is 1. The van der Waals surface area contributed by atoms with Crippen molar-refractivity contribution >= 4 is 17.7 Å². The molecule has 0 bridgehead atoms. The molecule has 0 spiro atoms. The maximum absolute atomic E-state index is 12.1. The molecule has 1 fully saturated rings. The van der Waals surface area contributed by atoms with Gasteiger partial charge in [-0.1, -0.05) is 6.42 Å². The number of rotatable bonds is 5. The number of nitrogens with zero attached hydrogens (tertiary/aromatic N) is 1. The molecule has 6 nitrogen and oxygen atoms in total. The number of carbonyl (C=O) groups excluding carboxylic acids is 1. The summed E-state index contributed by atoms with van der Waals surface area (Å²) >= 11 is 0. The zero-order chi connectivity index (χ0) is 15.4. The molecular formula is C15H20N2O4. The lowest BCUT2D eigenvalue weighted by Gasteiger charge is -2.30.